The molecule has 0 radical (unpaired) electrons. The molecule has 0 unspecified atom stereocenters. The van der Waals surface area contributed by atoms with E-state index >= 15 is 0 Å². The van der Waals surface area contributed by atoms with Crippen molar-refractivity contribution in [1.82, 2.24) is 0 Å². The van der Waals surface area contributed by atoms with Crippen molar-refractivity contribution in [3.8, 4) is 5.75 Å². The van der Waals surface area contributed by atoms with Crippen LogP contribution in [0.1, 0.15) is 30.1 Å². The summed E-state index contributed by atoms with van der Waals surface area (Å²) < 4.78 is 26.9. The van der Waals surface area contributed by atoms with Crippen LogP contribution in [-0.2, 0) is 10.0 Å². The molecule has 0 aliphatic carbocycles. The van der Waals surface area contributed by atoms with Gasteiger partial charge in [0, 0.05) is 18.1 Å². The van der Waals surface area contributed by atoms with Crippen LogP contribution in [0.4, 0.5) is 5.69 Å². The molecule has 0 spiro atoms. The van der Waals surface area contributed by atoms with Gasteiger partial charge in [0.25, 0.3) is 10.0 Å². The van der Waals surface area contributed by atoms with Gasteiger partial charge < -0.3 is 5.11 Å². The van der Waals surface area contributed by atoms with Gasteiger partial charge in [0.05, 0.1) is 10.6 Å². The Morgan fingerprint density at radius 3 is 2.41 bits per heavy atom. The molecule has 22 heavy (non-hydrogen) atoms. The average Bonchev–Trinajstić information content (AvgIpc) is 2.47. The Labute approximate surface area is 129 Å². The van der Waals surface area contributed by atoms with Crippen molar-refractivity contribution in [2.75, 3.05) is 4.72 Å². The molecule has 5 nitrogen and oxygen atoms in total. The second kappa shape index (κ2) is 6.62. The number of phenolic OH excluding ortho intramolecular Hbond substituents is 1. The van der Waals surface area contributed by atoms with E-state index < -0.39 is 10.0 Å². The van der Waals surface area contributed by atoms with Gasteiger partial charge in [-0.15, -0.1) is 0 Å². The van der Waals surface area contributed by atoms with Crippen molar-refractivity contribution >= 4 is 21.5 Å². The lowest BCUT2D eigenvalue weighted by Crippen LogP contribution is -2.13. The second-order valence-electron chi connectivity index (χ2n) is 4.85. The van der Waals surface area contributed by atoms with E-state index in [1.165, 1.54) is 42.5 Å². The zero-order valence-electron chi connectivity index (χ0n) is 12.1. The lowest BCUT2D eigenvalue weighted by Gasteiger charge is -2.09. The summed E-state index contributed by atoms with van der Waals surface area (Å²) >= 11 is 0. The maximum atomic E-state index is 12.2. The summed E-state index contributed by atoms with van der Waals surface area (Å²) in [4.78, 5) is 11.8. The molecule has 0 heterocycles. The van der Waals surface area contributed by atoms with Gasteiger partial charge in [-0.3, -0.25) is 9.52 Å². The first-order valence-electron chi connectivity index (χ1n) is 6.87. The summed E-state index contributed by atoms with van der Waals surface area (Å²) in [5, 5.41) is 9.36. The van der Waals surface area contributed by atoms with Gasteiger partial charge in [0.15, 0.2) is 5.78 Å². The van der Waals surface area contributed by atoms with E-state index in [2.05, 4.69) is 4.72 Å². The SMILES string of the molecule is CCCC(=O)c1ccc(S(=O)(=O)Nc2cccc(O)c2)cc1. The lowest BCUT2D eigenvalue weighted by atomic mass is 10.1. The van der Waals surface area contributed by atoms with Gasteiger partial charge >= 0.3 is 0 Å². The Hall–Kier alpha value is -2.34. The lowest BCUT2D eigenvalue weighted by molar-refractivity contribution is 0.0981. The van der Waals surface area contributed by atoms with Crippen LogP contribution in [0.15, 0.2) is 53.4 Å². The highest BCUT2D eigenvalue weighted by Crippen LogP contribution is 2.20. The zero-order valence-corrected chi connectivity index (χ0v) is 12.9. The number of nitrogens with one attached hydrogen (secondary N) is 1. The molecule has 0 fully saturated rings. The number of aromatic hydroxyl groups is 1. The molecule has 0 aliphatic heterocycles. The quantitative estimate of drug-likeness (QED) is 0.801. The van der Waals surface area contributed by atoms with Crippen molar-refractivity contribution in [1.29, 1.82) is 0 Å². The maximum Gasteiger partial charge on any atom is 0.261 e. The molecule has 2 aromatic carbocycles. The first-order valence-corrected chi connectivity index (χ1v) is 8.36. The van der Waals surface area contributed by atoms with E-state index in [4.69, 9.17) is 0 Å². The second-order valence-corrected chi connectivity index (χ2v) is 6.54. The molecular formula is C16H17NO4S. The minimum absolute atomic E-state index is 0.00705. The molecule has 0 aliphatic rings. The molecule has 0 bridgehead atoms. The molecule has 0 atom stereocenters. The number of sulfonamides is 1. The van der Waals surface area contributed by atoms with E-state index in [0.29, 0.717) is 12.0 Å². The predicted molar refractivity (Wildman–Crippen MR) is 84.6 cm³/mol. The van der Waals surface area contributed by atoms with Gasteiger partial charge in [-0.2, -0.15) is 0 Å². The maximum absolute atomic E-state index is 12.2. The number of hydrogen-bond donors (Lipinski definition) is 2. The molecular weight excluding hydrogens is 302 g/mol. The third-order valence-electron chi connectivity index (χ3n) is 3.06. The smallest absolute Gasteiger partial charge is 0.261 e. The van der Waals surface area contributed by atoms with E-state index in [1.54, 1.807) is 6.07 Å². The number of hydrogen-bond acceptors (Lipinski definition) is 4. The number of anilines is 1. The van der Waals surface area contributed by atoms with Gasteiger partial charge in [-0.25, -0.2) is 8.42 Å². The fraction of sp³-hybridized carbons (Fsp3) is 0.188. The monoisotopic (exact) mass is 319 g/mol. The summed E-state index contributed by atoms with van der Waals surface area (Å²) in [6.45, 7) is 1.91. The molecule has 0 saturated heterocycles. The first-order chi connectivity index (χ1) is 10.4. The van der Waals surface area contributed by atoms with Gasteiger partial charge in [-0.05, 0) is 30.7 Å². The summed E-state index contributed by atoms with van der Waals surface area (Å²) in [6.07, 6.45) is 1.19. The van der Waals surface area contributed by atoms with Crippen molar-refractivity contribution in [2.45, 2.75) is 24.7 Å². The molecule has 0 amide bonds. The Kier molecular flexibility index (Phi) is 4.82. The molecule has 2 aromatic rings. The number of Topliss-reactive ketones (excluding diaryl/α,β-unsaturated/α-hetero) is 1. The first kappa shape index (κ1) is 16.0. The highest BCUT2D eigenvalue weighted by atomic mass is 32.2. The van der Waals surface area contributed by atoms with Crippen molar-refractivity contribution < 1.29 is 18.3 Å². The van der Waals surface area contributed by atoms with Crippen LogP contribution >= 0.6 is 0 Å². The molecule has 2 rings (SSSR count). The number of carbonyl (C=O) groups is 1. The Balaban J connectivity index is 2.21. The van der Waals surface area contributed by atoms with Crippen LogP contribution in [0.2, 0.25) is 0 Å². The Morgan fingerprint density at radius 2 is 1.82 bits per heavy atom. The third-order valence-corrected chi connectivity index (χ3v) is 4.46. The third kappa shape index (κ3) is 3.85. The highest BCUT2D eigenvalue weighted by molar-refractivity contribution is 7.92. The van der Waals surface area contributed by atoms with E-state index in [1.807, 2.05) is 6.92 Å². The summed E-state index contributed by atoms with van der Waals surface area (Å²) in [7, 11) is -3.76. The van der Waals surface area contributed by atoms with Crippen LogP contribution in [0.25, 0.3) is 0 Å². The van der Waals surface area contributed by atoms with Gasteiger partial charge in [0.2, 0.25) is 0 Å². The van der Waals surface area contributed by atoms with E-state index in [0.717, 1.165) is 6.42 Å². The topological polar surface area (TPSA) is 83.5 Å². The van der Waals surface area contributed by atoms with Crippen LogP contribution < -0.4 is 4.72 Å². The Morgan fingerprint density at radius 1 is 1.14 bits per heavy atom. The number of rotatable bonds is 6. The largest absolute Gasteiger partial charge is 0.508 e. The predicted octanol–water partition coefficient (Wildman–Crippen LogP) is 3.18. The normalized spacial score (nSPS) is 11.1. The molecule has 0 saturated carbocycles. The van der Waals surface area contributed by atoms with E-state index in [-0.39, 0.29) is 22.1 Å². The minimum Gasteiger partial charge on any atom is -0.508 e. The molecule has 2 N–H and O–H groups in total. The van der Waals surface area contributed by atoms with Gasteiger partial charge in [-0.1, -0.05) is 25.1 Å². The number of ketones is 1. The summed E-state index contributed by atoms with van der Waals surface area (Å²) in [5.41, 5.74) is 0.768. The zero-order chi connectivity index (χ0) is 16.2. The number of benzene rings is 2. The summed E-state index contributed by atoms with van der Waals surface area (Å²) in [5.74, 6) is -0.0342. The van der Waals surface area contributed by atoms with Crippen LogP contribution in [0.3, 0.4) is 0 Å². The fourth-order valence-corrected chi connectivity index (χ4v) is 3.02. The highest BCUT2D eigenvalue weighted by Gasteiger charge is 2.15. The standard InChI is InChI=1S/C16H17NO4S/c1-2-4-16(19)12-7-9-15(10-8-12)22(20,21)17-13-5-3-6-14(18)11-13/h3,5-11,17-18H,2,4H2,1H3. The van der Waals surface area contributed by atoms with Gasteiger partial charge in [0.1, 0.15) is 5.75 Å². The van der Waals surface area contributed by atoms with E-state index in [9.17, 15) is 18.3 Å². The summed E-state index contributed by atoms with van der Waals surface area (Å²) in [6, 6.07) is 11.7. The van der Waals surface area contributed by atoms with Crippen molar-refractivity contribution in [2.24, 2.45) is 0 Å². The van der Waals surface area contributed by atoms with Crippen LogP contribution in [0.5, 0.6) is 5.75 Å². The van der Waals surface area contributed by atoms with Crippen LogP contribution in [-0.4, -0.2) is 19.3 Å². The fourth-order valence-electron chi connectivity index (χ4n) is 1.97. The van der Waals surface area contributed by atoms with Crippen LogP contribution in [0, 0.1) is 0 Å². The average molecular weight is 319 g/mol. The molecule has 6 heteroatoms. The number of carbonyl (C=O) groups excluding carboxylic acids is 1. The van der Waals surface area contributed by atoms with Crippen molar-refractivity contribution in [3.05, 3.63) is 54.1 Å². The minimum atomic E-state index is -3.76. The molecule has 116 valence electrons. The van der Waals surface area contributed by atoms with Crippen molar-refractivity contribution in [3.63, 3.8) is 0 Å². The Bertz CT molecular complexity index is 767. The molecule has 0 aromatic heterocycles. The number of phenols is 1.